The molecule has 0 saturated carbocycles. The van der Waals surface area contributed by atoms with Crippen LogP contribution >= 0.6 is 0 Å². The van der Waals surface area contributed by atoms with Crippen molar-refractivity contribution in [2.75, 3.05) is 66.5 Å². The molecule has 3 heterocycles. The number of aromatic carboxylic acids is 1. The van der Waals surface area contributed by atoms with Crippen LogP contribution in [0.4, 0.5) is 28.1 Å². The molecule has 0 unspecified atom stereocenters. The number of carbonyl (C=O) groups is 2. The lowest BCUT2D eigenvalue weighted by molar-refractivity contribution is 0.0697. The fraction of sp³-hybridized carbons (Fsp3) is 0.346. The van der Waals surface area contributed by atoms with Crippen molar-refractivity contribution in [3.63, 3.8) is 0 Å². The molecule has 0 radical (unpaired) electrons. The van der Waals surface area contributed by atoms with Gasteiger partial charge in [0.05, 0.1) is 38.0 Å². The number of benzene rings is 2. The van der Waals surface area contributed by atoms with E-state index in [0.717, 1.165) is 5.56 Å². The third-order valence-electron chi connectivity index (χ3n) is 6.32. The van der Waals surface area contributed by atoms with Crippen molar-refractivity contribution in [3.8, 4) is 11.4 Å². The zero-order valence-electron chi connectivity index (χ0n) is 21.0. The molecule has 198 valence electrons. The zero-order valence-corrected chi connectivity index (χ0v) is 21.0. The molecule has 2 amide bonds. The Labute approximate surface area is 219 Å². The highest BCUT2D eigenvalue weighted by Gasteiger charge is 2.25. The number of ether oxygens (including phenoxy) is 2. The number of aromatic nitrogens is 3. The van der Waals surface area contributed by atoms with Crippen molar-refractivity contribution in [1.29, 1.82) is 0 Å². The monoisotopic (exact) mass is 519 g/mol. The largest absolute Gasteiger partial charge is 0.478 e. The van der Waals surface area contributed by atoms with Crippen LogP contribution in [0.25, 0.3) is 11.4 Å². The average molecular weight is 520 g/mol. The molecule has 2 aliphatic heterocycles. The molecule has 2 aromatic carbocycles. The lowest BCUT2D eigenvalue weighted by Gasteiger charge is -2.34. The van der Waals surface area contributed by atoms with Gasteiger partial charge in [0.2, 0.25) is 11.9 Å². The lowest BCUT2D eigenvalue weighted by Crippen LogP contribution is -2.45. The maximum atomic E-state index is 12.4. The van der Waals surface area contributed by atoms with Gasteiger partial charge in [-0.25, -0.2) is 9.59 Å². The standard InChI is InChI=1S/C26H29N7O5/c1-17-16-38-15-12-33(17)25-30-22(29-24(31-25)32-10-13-37-14-11-32)18-2-6-20(7-3-18)27-26(36)28-21-8-4-19(5-9-21)23(34)35/h2-9,17H,10-16H2,1H3,(H,34,35)(H2,27,28,36)/t17-/m0/s1. The Morgan fingerprint density at radius 2 is 1.45 bits per heavy atom. The van der Waals surface area contributed by atoms with E-state index in [1.165, 1.54) is 24.3 Å². The third-order valence-corrected chi connectivity index (χ3v) is 6.32. The second-order valence-electron chi connectivity index (χ2n) is 9.01. The SMILES string of the molecule is C[C@H]1COCCN1c1nc(-c2ccc(NC(=O)Nc3ccc(C(=O)O)cc3)cc2)nc(N2CCOCC2)n1. The molecule has 0 aliphatic carbocycles. The van der Waals surface area contributed by atoms with Crippen LogP contribution in [0.2, 0.25) is 0 Å². The maximum absolute atomic E-state index is 12.4. The van der Waals surface area contributed by atoms with Gasteiger partial charge in [0.15, 0.2) is 5.82 Å². The quantitative estimate of drug-likeness (QED) is 0.445. The number of urea groups is 1. The summed E-state index contributed by atoms with van der Waals surface area (Å²) < 4.78 is 11.1. The van der Waals surface area contributed by atoms with Crippen LogP contribution in [0.3, 0.4) is 0 Å². The first-order valence-corrected chi connectivity index (χ1v) is 12.4. The Balaban J connectivity index is 1.33. The molecule has 0 bridgehead atoms. The summed E-state index contributed by atoms with van der Waals surface area (Å²) in [5, 5.41) is 14.5. The van der Waals surface area contributed by atoms with Gasteiger partial charge >= 0.3 is 12.0 Å². The van der Waals surface area contributed by atoms with Crippen molar-refractivity contribution >= 4 is 35.3 Å². The molecular formula is C26H29N7O5. The van der Waals surface area contributed by atoms with Gasteiger partial charge in [-0.3, -0.25) is 0 Å². The van der Waals surface area contributed by atoms with Crippen LogP contribution in [-0.2, 0) is 9.47 Å². The summed E-state index contributed by atoms with van der Waals surface area (Å²) in [5.41, 5.74) is 2.00. The Morgan fingerprint density at radius 3 is 2.08 bits per heavy atom. The van der Waals surface area contributed by atoms with Gasteiger partial charge in [-0.15, -0.1) is 0 Å². The molecule has 2 saturated heterocycles. The highest BCUT2D eigenvalue weighted by Crippen LogP contribution is 2.25. The highest BCUT2D eigenvalue weighted by atomic mass is 16.5. The third kappa shape index (κ3) is 5.98. The second-order valence-corrected chi connectivity index (χ2v) is 9.01. The van der Waals surface area contributed by atoms with Crippen LogP contribution in [-0.4, -0.2) is 84.2 Å². The van der Waals surface area contributed by atoms with Crippen molar-refractivity contribution in [3.05, 3.63) is 54.1 Å². The molecule has 3 N–H and O–H groups in total. The van der Waals surface area contributed by atoms with Crippen LogP contribution < -0.4 is 20.4 Å². The molecule has 12 nitrogen and oxygen atoms in total. The summed E-state index contributed by atoms with van der Waals surface area (Å²) in [7, 11) is 0. The summed E-state index contributed by atoms with van der Waals surface area (Å²) in [5.74, 6) is 0.748. The molecule has 1 atom stereocenters. The predicted molar refractivity (Wildman–Crippen MR) is 142 cm³/mol. The first-order valence-electron chi connectivity index (χ1n) is 12.4. The van der Waals surface area contributed by atoms with E-state index in [-0.39, 0.29) is 11.6 Å². The molecule has 0 spiro atoms. The number of hydrogen-bond donors (Lipinski definition) is 3. The van der Waals surface area contributed by atoms with Crippen LogP contribution in [0.1, 0.15) is 17.3 Å². The minimum absolute atomic E-state index is 0.141. The van der Waals surface area contributed by atoms with E-state index in [1.54, 1.807) is 12.1 Å². The van der Waals surface area contributed by atoms with E-state index in [2.05, 4.69) is 27.4 Å². The van der Waals surface area contributed by atoms with Crippen LogP contribution in [0, 0.1) is 0 Å². The minimum Gasteiger partial charge on any atom is -0.478 e. The molecule has 3 aromatic rings. The summed E-state index contributed by atoms with van der Waals surface area (Å²) in [6, 6.07) is 12.9. The maximum Gasteiger partial charge on any atom is 0.335 e. The van der Waals surface area contributed by atoms with E-state index in [1.807, 2.05) is 12.1 Å². The molecule has 1 aromatic heterocycles. The lowest BCUT2D eigenvalue weighted by atomic mass is 10.2. The van der Waals surface area contributed by atoms with E-state index in [0.29, 0.717) is 75.2 Å². The molecule has 12 heteroatoms. The molecule has 38 heavy (non-hydrogen) atoms. The van der Waals surface area contributed by atoms with Gasteiger partial charge in [-0.05, 0) is 55.5 Å². The molecule has 2 aliphatic rings. The van der Waals surface area contributed by atoms with Gasteiger partial charge < -0.3 is 35.0 Å². The minimum atomic E-state index is -1.03. The Bertz CT molecular complexity index is 1280. The Hall–Kier alpha value is -4.29. The van der Waals surface area contributed by atoms with Crippen LogP contribution in [0.5, 0.6) is 0 Å². The van der Waals surface area contributed by atoms with Crippen molar-refractivity contribution in [2.24, 2.45) is 0 Å². The summed E-state index contributed by atoms with van der Waals surface area (Å²) in [4.78, 5) is 42.0. The van der Waals surface area contributed by atoms with E-state index in [4.69, 9.17) is 29.5 Å². The van der Waals surface area contributed by atoms with Crippen LogP contribution in [0.15, 0.2) is 48.5 Å². The number of nitrogens with one attached hydrogen (secondary N) is 2. The van der Waals surface area contributed by atoms with Crippen molar-refractivity contribution in [2.45, 2.75) is 13.0 Å². The van der Waals surface area contributed by atoms with E-state index >= 15 is 0 Å². The zero-order chi connectivity index (χ0) is 26.5. The average Bonchev–Trinajstić information content (AvgIpc) is 2.94. The fourth-order valence-electron chi connectivity index (χ4n) is 4.23. The van der Waals surface area contributed by atoms with Gasteiger partial charge in [0.1, 0.15) is 0 Å². The number of nitrogens with zero attached hydrogens (tertiary/aromatic N) is 5. The number of amides is 2. The van der Waals surface area contributed by atoms with Crippen molar-refractivity contribution < 1.29 is 24.2 Å². The number of hydrogen-bond acceptors (Lipinski definition) is 9. The second kappa shape index (κ2) is 11.4. The summed E-state index contributed by atoms with van der Waals surface area (Å²) >= 11 is 0. The van der Waals surface area contributed by atoms with Gasteiger partial charge in [-0.1, -0.05) is 0 Å². The number of anilines is 4. The van der Waals surface area contributed by atoms with Gasteiger partial charge in [0, 0.05) is 36.6 Å². The fourth-order valence-corrected chi connectivity index (χ4v) is 4.23. The molecular weight excluding hydrogens is 490 g/mol. The van der Waals surface area contributed by atoms with Gasteiger partial charge in [0.25, 0.3) is 0 Å². The number of morpholine rings is 2. The number of rotatable bonds is 6. The summed E-state index contributed by atoms with van der Waals surface area (Å²) in [6.45, 7) is 6.67. The summed E-state index contributed by atoms with van der Waals surface area (Å²) in [6.07, 6.45) is 0. The predicted octanol–water partition coefficient (Wildman–Crippen LogP) is 2.94. The smallest absolute Gasteiger partial charge is 0.335 e. The number of carboxylic acid groups (broad SMARTS) is 1. The highest BCUT2D eigenvalue weighted by molar-refractivity contribution is 6.00. The Morgan fingerprint density at radius 1 is 0.842 bits per heavy atom. The first kappa shape index (κ1) is 25.4. The normalized spacial score (nSPS) is 17.7. The van der Waals surface area contributed by atoms with E-state index < -0.39 is 12.0 Å². The number of carbonyl (C=O) groups excluding carboxylic acids is 1. The molecule has 2 fully saturated rings. The Kier molecular flexibility index (Phi) is 7.61. The van der Waals surface area contributed by atoms with Gasteiger partial charge in [-0.2, -0.15) is 15.0 Å². The first-order chi connectivity index (χ1) is 18.5. The molecule has 5 rings (SSSR count). The van der Waals surface area contributed by atoms with Crippen molar-refractivity contribution in [1.82, 2.24) is 15.0 Å². The number of carboxylic acids is 1. The van der Waals surface area contributed by atoms with E-state index in [9.17, 15) is 9.59 Å². The topological polar surface area (TPSA) is 142 Å².